The van der Waals surface area contributed by atoms with Crippen molar-refractivity contribution in [3.8, 4) is 17.5 Å². The lowest BCUT2D eigenvalue weighted by Gasteiger charge is -2.07. The predicted octanol–water partition coefficient (Wildman–Crippen LogP) is 1.50. The molecule has 1 aromatic carbocycles. The monoisotopic (exact) mass is 272 g/mol. The van der Waals surface area contributed by atoms with Crippen molar-refractivity contribution < 1.29 is 15.0 Å². The minimum Gasteiger partial charge on any atom is -0.507 e. The zero-order chi connectivity index (χ0) is 14.7. The van der Waals surface area contributed by atoms with Crippen LogP contribution in [-0.4, -0.2) is 31.2 Å². The third kappa shape index (κ3) is 2.31. The molecule has 2 rings (SSSR count). The zero-order valence-corrected chi connectivity index (χ0v) is 10.7. The fourth-order valence-electron chi connectivity index (χ4n) is 1.88. The number of carboxylic acids is 1. The second-order valence-electron chi connectivity index (χ2n) is 4.16. The Bertz CT molecular complexity index is 700. The number of nitriles is 1. The summed E-state index contributed by atoms with van der Waals surface area (Å²) in [5.41, 5.74) is 1.06. The van der Waals surface area contributed by atoms with Gasteiger partial charge in [-0.15, -0.1) is 5.10 Å². The summed E-state index contributed by atoms with van der Waals surface area (Å²) in [6, 6.07) is 6.06. The predicted molar refractivity (Wildman–Crippen MR) is 68.7 cm³/mol. The molecule has 2 N–H and O–H groups in total. The number of aromatic hydroxyl groups is 1. The third-order valence-corrected chi connectivity index (χ3v) is 2.81. The van der Waals surface area contributed by atoms with E-state index in [2.05, 4.69) is 10.3 Å². The number of carbonyl (C=O) groups is 1. The first-order valence-corrected chi connectivity index (χ1v) is 5.99. The molecule has 7 heteroatoms. The highest BCUT2D eigenvalue weighted by Gasteiger charge is 2.16. The standard InChI is InChI=1S/C13H12N4O3/c1-2-3-11-10(7-14)15-16-17(11)8-4-5-12(18)9(6-8)13(19)20/h4-6,18H,2-3H2,1H3,(H,19,20). The van der Waals surface area contributed by atoms with E-state index in [0.717, 1.165) is 6.42 Å². The van der Waals surface area contributed by atoms with E-state index in [4.69, 9.17) is 10.4 Å². The van der Waals surface area contributed by atoms with Gasteiger partial charge in [0.05, 0.1) is 11.4 Å². The van der Waals surface area contributed by atoms with E-state index in [-0.39, 0.29) is 17.0 Å². The van der Waals surface area contributed by atoms with Crippen molar-refractivity contribution in [1.82, 2.24) is 15.0 Å². The molecule has 0 aliphatic rings. The van der Waals surface area contributed by atoms with E-state index in [0.29, 0.717) is 17.8 Å². The summed E-state index contributed by atoms with van der Waals surface area (Å²) in [4.78, 5) is 11.0. The van der Waals surface area contributed by atoms with Crippen LogP contribution in [0.15, 0.2) is 18.2 Å². The van der Waals surface area contributed by atoms with Crippen molar-refractivity contribution in [2.24, 2.45) is 0 Å². The molecule has 102 valence electrons. The topological polar surface area (TPSA) is 112 Å². The van der Waals surface area contributed by atoms with E-state index in [1.165, 1.54) is 22.9 Å². The largest absolute Gasteiger partial charge is 0.507 e. The van der Waals surface area contributed by atoms with Crippen LogP contribution in [0.2, 0.25) is 0 Å². The summed E-state index contributed by atoms with van der Waals surface area (Å²) < 4.78 is 1.42. The normalized spacial score (nSPS) is 10.2. The van der Waals surface area contributed by atoms with Crippen molar-refractivity contribution in [2.75, 3.05) is 0 Å². The summed E-state index contributed by atoms with van der Waals surface area (Å²) >= 11 is 0. The molecule has 0 atom stereocenters. The van der Waals surface area contributed by atoms with Crippen LogP contribution in [-0.2, 0) is 6.42 Å². The summed E-state index contributed by atoms with van der Waals surface area (Å²) in [6.45, 7) is 1.96. The van der Waals surface area contributed by atoms with E-state index < -0.39 is 5.97 Å². The number of rotatable bonds is 4. The maximum Gasteiger partial charge on any atom is 0.339 e. The average molecular weight is 272 g/mol. The second kappa shape index (κ2) is 5.40. The molecule has 7 nitrogen and oxygen atoms in total. The van der Waals surface area contributed by atoms with Crippen LogP contribution in [0.4, 0.5) is 0 Å². The van der Waals surface area contributed by atoms with Gasteiger partial charge in [0.15, 0.2) is 5.69 Å². The lowest BCUT2D eigenvalue weighted by atomic mass is 10.1. The van der Waals surface area contributed by atoms with Crippen LogP contribution < -0.4 is 0 Å². The Labute approximate surface area is 114 Å². The fraction of sp³-hybridized carbons (Fsp3) is 0.231. The molecule has 2 aromatic rings. The van der Waals surface area contributed by atoms with E-state index in [9.17, 15) is 9.90 Å². The Hall–Kier alpha value is -2.88. The number of hydrogen-bond donors (Lipinski definition) is 2. The number of aromatic nitrogens is 3. The number of nitrogens with zero attached hydrogens (tertiary/aromatic N) is 4. The molecule has 0 aliphatic carbocycles. The summed E-state index contributed by atoms with van der Waals surface area (Å²) in [6.07, 6.45) is 1.39. The molecule has 1 aromatic heterocycles. The smallest absolute Gasteiger partial charge is 0.339 e. The van der Waals surface area contributed by atoms with Gasteiger partial charge in [0.25, 0.3) is 0 Å². The van der Waals surface area contributed by atoms with Gasteiger partial charge in [-0.05, 0) is 24.6 Å². The Morgan fingerprint density at radius 3 is 2.85 bits per heavy atom. The molecule has 0 fully saturated rings. The molecule has 0 saturated heterocycles. The Kier molecular flexibility index (Phi) is 3.66. The zero-order valence-electron chi connectivity index (χ0n) is 10.7. The van der Waals surface area contributed by atoms with E-state index in [1.54, 1.807) is 0 Å². The first-order valence-electron chi connectivity index (χ1n) is 5.99. The highest BCUT2D eigenvalue weighted by molar-refractivity contribution is 5.91. The van der Waals surface area contributed by atoms with E-state index >= 15 is 0 Å². The summed E-state index contributed by atoms with van der Waals surface area (Å²) in [5, 5.41) is 35.1. The Morgan fingerprint density at radius 2 is 2.25 bits per heavy atom. The van der Waals surface area contributed by atoms with E-state index in [1.807, 2.05) is 13.0 Å². The van der Waals surface area contributed by atoms with Crippen molar-refractivity contribution in [2.45, 2.75) is 19.8 Å². The average Bonchev–Trinajstić information content (AvgIpc) is 2.82. The van der Waals surface area contributed by atoms with Gasteiger partial charge in [-0.25, -0.2) is 9.48 Å². The van der Waals surface area contributed by atoms with Crippen LogP contribution in [0.3, 0.4) is 0 Å². The lowest BCUT2D eigenvalue weighted by molar-refractivity contribution is 0.0693. The van der Waals surface area contributed by atoms with Crippen LogP contribution in [0, 0.1) is 11.3 Å². The molecule has 0 radical (unpaired) electrons. The number of carboxylic acid groups (broad SMARTS) is 1. The molecule has 0 bridgehead atoms. The van der Waals surface area contributed by atoms with Gasteiger partial charge in [-0.2, -0.15) is 5.26 Å². The van der Waals surface area contributed by atoms with Gasteiger partial charge in [0.1, 0.15) is 17.4 Å². The molecular weight excluding hydrogens is 260 g/mol. The van der Waals surface area contributed by atoms with Gasteiger partial charge in [0, 0.05) is 0 Å². The molecule has 0 saturated carbocycles. The summed E-state index contributed by atoms with van der Waals surface area (Å²) in [5.74, 6) is -1.55. The minimum atomic E-state index is -1.23. The van der Waals surface area contributed by atoms with Crippen LogP contribution in [0.25, 0.3) is 5.69 Å². The van der Waals surface area contributed by atoms with Gasteiger partial charge in [0.2, 0.25) is 0 Å². The third-order valence-electron chi connectivity index (χ3n) is 2.81. The quantitative estimate of drug-likeness (QED) is 0.872. The van der Waals surface area contributed by atoms with Crippen molar-refractivity contribution >= 4 is 5.97 Å². The molecule has 20 heavy (non-hydrogen) atoms. The number of phenols is 1. The van der Waals surface area contributed by atoms with Crippen LogP contribution >= 0.6 is 0 Å². The minimum absolute atomic E-state index is 0.219. The molecule has 0 amide bonds. The molecule has 0 aliphatic heterocycles. The summed E-state index contributed by atoms with van der Waals surface area (Å²) in [7, 11) is 0. The Balaban J connectivity index is 2.57. The van der Waals surface area contributed by atoms with Crippen molar-refractivity contribution in [3.05, 3.63) is 35.2 Å². The first kappa shape index (κ1) is 13.5. The number of benzene rings is 1. The van der Waals surface area contributed by atoms with Crippen molar-refractivity contribution in [1.29, 1.82) is 5.26 Å². The number of hydrogen-bond acceptors (Lipinski definition) is 5. The van der Waals surface area contributed by atoms with Crippen LogP contribution in [0.1, 0.15) is 35.1 Å². The van der Waals surface area contributed by atoms with Crippen molar-refractivity contribution in [3.63, 3.8) is 0 Å². The van der Waals surface area contributed by atoms with Gasteiger partial charge < -0.3 is 10.2 Å². The van der Waals surface area contributed by atoms with Crippen LogP contribution in [0.5, 0.6) is 5.75 Å². The lowest BCUT2D eigenvalue weighted by Crippen LogP contribution is -2.05. The molecule has 1 heterocycles. The number of aromatic carboxylic acids is 1. The fourth-order valence-corrected chi connectivity index (χ4v) is 1.88. The Morgan fingerprint density at radius 1 is 1.50 bits per heavy atom. The molecule has 0 unspecified atom stereocenters. The highest BCUT2D eigenvalue weighted by atomic mass is 16.4. The second-order valence-corrected chi connectivity index (χ2v) is 4.16. The van der Waals surface area contributed by atoms with Gasteiger partial charge >= 0.3 is 5.97 Å². The molecule has 0 spiro atoms. The first-order chi connectivity index (χ1) is 9.58. The highest BCUT2D eigenvalue weighted by Crippen LogP contribution is 2.22. The van der Waals surface area contributed by atoms with Gasteiger partial charge in [-0.3, -0.25) is 0 Å². The molecular formula is C13H12N4O3. The SMILES string of the molecule is CCCc1c(C#N)nnn1-c1ccc(O)c(C(=O)O)c1. The maximum absolute atomic E-state index is 11.0. The maximum atomic E-state index is 11.0. The van der Waals surface area contributed by atoms with Gasteiger partial charge in [-0.1, -0.05) is 18.6 Å².